The van der Waals surface area contributed by atoms with Crippen LogP contribution in [0.15, 0.2) is 66.3 Å². The number of para-hydroxylation sites is 1. The minimum Gasteiger partial charge on any atom is -0.455 e. The van der Waals surface area contributed by atoms with Crippen molar-refractivity contribution in [3.63, 3.8) is 0 Å². The molecule has 0 saturated carbocycles. The maximum Gasteiger partial charge on any atom is 0.151 e. The number of hydrogen-bond donors (Lipinski definition) is 0. The third-order valence-electron chi connectivity index (χ3n) is 3.29. The molecule has 0 saturated heterocycles. The molecular formula is C15H11NO. The molecule has 0 aromatic heterocycles. The van der Waals surface area contributed by atoms with Gasteiger partial charge in [0.25, 0.3) is 0 Å². The van der Waals surface area contributed by atoms with Crippen LogP contribution in [0.2, 0.25) is 0 Å². The molecule has 3 heterocycles. The van der Waals surface area contributed by atoms with Gasteiger partial charge in [-0.15, -0.1) is 0 Å². The van der Waals surface area contributed by atoms with Gasteiger partial charge in [-0.3, -0.25) is 0 Å². The lowest BCUT2D eigenvalue weighted by Crippen LogP contribution is -2.24. The molecule has 0 N–H and O–H groups in total. The zero-order chi connectivity index (χ0) is 11.2. The zero-order valence-electron chi connectivity index (χ0n) is 9.26. The second kappa shape index (κ2) is 3.14. The smallest absolute Gasteiger partial charge is 0.151 e. The maximum absolute atomic E-state index is 5.95. The van der Waals surface area contributed by atoms with Crippen LogP contribution in [0, 0.1) is 0 Å². The first-order chi connectivity index (χ1) is 8.43. The van der Waals surface area contributed by atoms with Crippen LogP contribution in [-0.2, 0) is 0 Å². The summed E-state index contributed by atoms with van der Waals surface area (Å²) >= 11 is 0. The molecule has 1 aromatic carbocycles. The Hall–Kier alpha value is -2.22. The van der Waals surface area contributed by atoms with Crippen LogP contribution in [-0.4, -0.2) is 4.90 Å². The average Bonchev–Trinajstić information content (AvgIpc) is 2.39. The standard InChI is InChI=1S/C15H11NO/c1-2-7-13-11(5-1)12-6-3-9-16-10-4-8-14(17-13)15(12)16/h1-5,7-10H,6H2. The number of allylic oxidation sites excluding steroid dienone is 4. The molecule has 0 fully saturated rings. The van der Waals surface area contributed by atoms with Gasteiger partial charge in [0.15, 0.2) is 5.76 Å². The summed E-state index contributed by atoms with van der Waals surface area (Å²) in [5, 5.41) is 0. The molecule has 2 nitrogen and oxygen atoms in total. The highest BCUT2D eigenvalue weighted by molar-refractivity contribution is 5.80. The van der Waals surface area contributed by atoms with Crippen molar-refractivity contribution in [3.05, 3.63) is 71.9 Å². The van der Waals surface area contributed by atoms with E-state index in [9.17, 15) is 0 Å². The van der Waals surface area contributed by atoms with Gasteiger partial charge in [0, 0.05) is 18.0 Å². The fourth-order valence-electron chi connectivity index (χ4n) is 2.56. The van der Waals surface area contributed by atoms with E-state index in [4.69, 9.17) is 4.74 Å². The van der Waals surface area contributed by atoms with Crippen LogP contribution < -0.4 is 4.74 Å². The van der Waals surface area contributed by atoms with E-state index in [1.807, 2.05) is 24.3 Å². The first-order valence-electron chi connectivity index (χ1n) is 5.78. The van der Waals surface area contributed by atoms with E-state index >= 15 is 0 Å². The normalized spacial score (nSPS) is 19.5. The summed E-state index contributed by atoms with van der Waals surface area (Å²) in [6.07, 6.45) is 11.4. The first kappa shape index (κ1) is 8.88. The van der Waals surface area contributed by atoms with Crippen molar-refractivity contribution in [2.75, 3.05) is 0 Å². The van der Waals surface area contributed by atoms with E-state index in [2.05, 4.69) is 35.5 Å². The molecule has 0 atom stereocenters. The van der Waals surface area contributed by atoms with E-state index in [1.54, 1.807) is 0 Å². The van der Waals surface area contributed by atoms with Gasteiger partial charge in [-0.2, -0.15) is 0 Å². The number of fused-ring (bicyclic) bond motifs is 2. The van der Waals surface area contributed by atoms with Crippen LogP contribution in [0.4, 0.5) is 0 Å². The first-order valence-corrected chi connectivity index (χ1v) is 5.78. The van der Waals surface area contributed by atoms with Crippen LogP contribution in [0.5, 0.6) is 5.75 Å². The van der Waals surface area contributed by atoms with E-state index in [1.165, 1.54) is 16.8 Å². The van der Waals surface area contributed by atoms with Crippen molar-refractivity contribution in [2.24, 2.45) is 0 Å². The maximum atomic E-state index is 5.95. The number of nitrogens with zero attached hydrogens (tertiary/aromatic N) is 1. The lowest BCUT2D eigenvalue weighted by molar-refractivity contribution is 0.393. The van der Waals surface area contributed by atoms with Crippen molar-refractivity contribution in [2.45, 2.75) is 6.42 Å². The third-order valence-corrected chi connectivity index (χ3v) is 3.29. The van der Waals surface area contributed by atoms with Gasteiger partial charge < -0.3 is 9.64 Å². The topological polar surface area (TPSA) is 12.5 Å². The molecule has 2 heteroatoms. The Balaban J connectivity index is 2.01. The molecule has 0 aliphatic carbocycles. The fraction of sp³-hybridized carbons (Fsp3) is 0.0667. The molecule has 1 aromatic rings. The van der Waals surface area contributed by atoms with Crippen molar-refractivity contribution in [3.8, 4) is 5.75 Å². The van der Waals surface area contributed by atoms with Crippen molar-refractivity contribution in [1.29, 1.82) is 0 Å². The van der Waals surface area contributed by atoms with E-state index < -0.39 is 0 Å². The molecule has 0 spiro atoms. The number of benzene rings is 1. The molecule has 82 valence electrons. The van der Waals surface area contributed by atoms with Crippen LogP contribution in [0.1, 0.15) is 12.0 Å². The summed E-state index contributed by atoms with van der Waals surface area (Å²) in [5.74, 6) is 1.91. The highest BCUT2D eigenvalue weighted by Gasteiger charge is 2.28. The van der Waals surface area contributed by atoms with Crippen molar-refractivity contribution >= 4 is 5.57 Å². The lowest BCUT2D eigenvalue weighted by Gasteiger charge is -2.34. The van der Waals surface area contributed by atoms with Crippen LogP contribution in [0.3, 0.4) is 0 Å². The van der Waals surface area contributed by atoms with Crippen molar-refractivity contribution in [1.82, 2.24) is 4.90 Å². The number of ether oxygens (including phenoxy) is 1. The molecule has 0 amide bonds. The largest absolute Gasteiger partial charge is 0.455 e. The fourth-order valence-corrected chi connectivity index (χ4v) is 2.56. The quantitative estimate of drug-likeness (QED) is 0.665. The summed E-state index contributed by atoms with van der Waals surface area (Å²) in [4.78, 5) is 2.13. The molecule has 4 rings (SSSR count). The van der Waals surface area contributed by atoms with Gasteiger partial charge in [-0.25, -0.2) is 0 Å². The lowest BCUT2D eigenvalue weighted by atomic mass is 9.93. The SMILES string of the molecule is C1=CN2C=CCC3=C2C(=C1)Oc1ccccc13. The Bertz CT molecular complexity index is 620. The van der Waals surface area contributed by atoms with Gasteiger partial charge in [-0.1, -0.05) is 24.3 Å². The highest BCUT2D eigenvalue weighted by Crippen LogP contribution is 2.43. The number of rotatable bonds is 0. The Morgan fingerprint density at radius 1 is 1.12 bits per heavy atom. The summed E-state index contributed by atoms with van der Waals surface area (Å²) in [5.41, 5.74) is 3.75. The molecule has 3 aliphatic heterocycles. The Morgan fingerprint density at radius 2 is 2.06 bits per heavy atom. The van der Waals surface area contributed by atoms with Gasteiger partial charge in [0.1, 0.15) is 5.75 Å². The highest BCUT2D eigenvalue weighted by atomic mass is 16.5. The predicted octanol–water partition coefficient (Wildman–Crippen LogP) is 3.42. The van der Waals surface area contributed by atoms with Gasteiger partial charge in [0.2, 0.25) is 0 Å². The summed E-state index contributed by atoms with van der Waals surface area (Å²) in [6.45, 7) is 0. The second-order valence-electron chi connectivity index (χ2n) is 4.29. The second-order valence-corrected chi connectivity index (χ2v) is 4.29. The Morgan fingerprint density at radius 3 is 3.06 bits per heavy atom. The number of hydrogen-bond acceptors (Lipinski definition) is 2. The monoisotopic (exact) mass is 221 g/mol. The minimum absolute atomic E-state index is 0.950. The Kier molecular flexibility index (Phi) is 1.64. The molecule has 0 unspecified atom stereocenters. The van der Waals surface area contributed by atoms with Gasteiger partial charge in [0.05, 0.1) is 5.70 Å². The van der Waals surface area contributed by atoms with E-state index in [0.29, 0.717) is 0 Å². The van der Waals surface area contributed by atoms with E-state index in [0.717, 1.165) is 17.9 Å². The third kappa shape index (κ3) is 1.15. The minimum atomic E-state index is 0.950. The summed E-state index contributed by atoms with van der Waals surface area (Å²) in [6, 6.07) is 8.23. The van der Waals surface area contributed by atoms with Gasteiger partial charge in [-0.05, 0) is 30.2 Å². The molecule has 3 aliphatic rings. The molecular weight excluding hydrogens is 210 g/mol. The zero-order valence-corrected chi connectivity index (χ0v) is 9.26. The molecule has 0 radical (unpaired) electrons. The van der Waals surface area contributed by atoms with E-state index in [-0.39, 0.29) is 0 Å². The summed E-state index contributed by atoms with van der Waals surface area (Å²) in [7, 11) is 0. The van der Waals surface area contributed by atoms with Crippen LogP contribution in [0.25, 0.3) is 5.57 Å². The summed E-state index contributed by atoms with van der Waals surface area (Å²) < 4.78 is 5.95. The van der Waals surface area contributed by atoms with Gasteiger partial charge >= 0.3 is 0 Å². The average molecular weight is 221 g/mol. The predicted molar refractivity (Wildman–Crippen MR) is 66.8 cm³/mol. The van der Waals surface area contributed by atoms with Crippen molar-refractivity contribution < 1.29 is 4.74 Å². The van der Waals surface area contributed by atoms with Crippen LogP contribution >= 0.6 is 0 Å². The molecule has 17 heavy (non-hydrogen) atoms. The Labute approximate surface area is 99.8 Å². The molecule has 0 bridgehead atoms.